The second kappa shape index (κ2) is 4.67. The summed E-state index contributed by atoms with van der Waals surface area (Å²) in [4.78, 5) is 17.8. The first-order valence-electron chi connectivity index (χ1n) is 5.39. The predicted molar refractivity (Wildman–Crippen MR) is 67.5 cm³/mol. The molecular weight excluding hydrogens is 236 g/mol. The normalized spacial score (nSPS) is 10.5. The Kier molecular flexibility index (Phi) is 3.23. The number of hydrogen-bond acceptors (Lipinski definition) is 4. The van der Waals surface area contributed by atoms with Gasteiger partial charge in [0.15, 0.2) is 0 Å². The lowest BCUT2D eigenvalue weighted by atomic mass is 10.2. The van der Waals surface area contributed by atoms with Gasteiger partial charge in [0.05, 0.1) is 4.88 Å². The molecule has 90 valence electrons. The highest BCUT2D eigenvalue weighted by Gasteiger charge is 2.13. The fraction of sp³-hybridized carbons (Fsp3) is 0.364. The van der Waals surface area contributed by atoms with Crippen LogP contribution >= 0.6 is 11.3 Å². The van der Waals surface area contributed by atoms with Crippen molar-refractivity contribution in [2.24, 2.45) is 0 Å². The molecule has 0 spiro atoms. The Morgan fingerprint density at radius 3 is 2.82 bits per heavy atom. The van der Waals surface area contributed by atoms with E-state index < -0.39 is 0 Å². The predicted octanol–water partition coefficient (Wildman–Crippen LogP) is 2.30. The molecule has 0 fully saturated rings. The van der Waals surface area contributed by atoms with E-state index in [0.29, 0.717) is 16.6 Å². The molecule has 0 bridgehead atoms. The number of nitrogens with one attached hydrogen (secondary N) is 2. The van der Waals surface area contributed by atoms with Crippen molar-refractivity contribution in [3.05, 3.63) is 27.2 Å². The van der Waals surface area contributed by atoms with Crippen LogP contribution in [-0.2, 0) is 6.42 Å². The third-order valence-corrected chi connectivity index (χ3v) is 3.54. The Balaban J connectivity index is 2.14. The first-order chi connectivity index (χ1) is 8.10. The Morgan fingerprint density at radius 2 is 2.29 bits per heavy atom. The second-order valence-corrected chi connectivity index (χ2v) is 5.00. The number of carbonyl (C=O) groups excluding carboxylic acids is 1. The van der Waals surface area contributed by atoms with E-state index in [2.05, 4.69) is 27.4 Å². The van der Waals surface area contributed by atoms with Crippen molar-refractivity contribution in [2.45, 2.75) is 27.2 Å². The van der Waals surface area contributed by atoms with Gasteiger partial charge >= 0.3 is 0 Å². The molecule has 0 aromatic carbocycles. The molecule has 0 saturated carbocycles. The van der Waals surface area contributed by atoms with Gasteiger partial charge in [-0.1, -0.05) is 6.92 Å². The molecule has 17 heavy (non-hydrogen) atoms. The van der Waals surface area contributed by atoms with Crippen molar-refractivity contribution in [1.82, 2.24) is 15.2 Å². The summed E-state index contributed by atoms with van der Waals surface area (Å²) in [5.74, 6) is 0.838. The molecule has 5 nitrogen and oxygen atoms in total. The maximum Gasteiger partial charge on any atom is 0.268 e. The number of anilines is 1. The highest BCUT2D eigenvalue weighted by atomic mass is 32.1. The molecule has 0 atom stereocenters. The number of aromatic amines is 1. The molecule has 0 aliphatic heterocycles. The monoisotopic (exact) mass is 250 g/mol. The average molecular weight is 250 g/mol. The van der Waals surface area contributed by atoms with Crippen LogP contribution in [0.15, 0.2) is 6.07 Å². The molecule has 0 saturated heterocycles. The lowest BCUT2D eigenvalue weighted by Gasteiger charge is -1.96. The van der Waals surface area contributed by atoms with Gasteiger partial charge in [-0.2, -0.15) is 4.98 Å². The molecule has 2 heterocycles. The molecule has 2 aromatic heterocycles. The molecule has 0 radical (unpaired) electrons. The Bertz CT molecular complexity index is 543. The van der Waals surface area contributed by atoms with E-state index in [-0.39, 0.29) is 5.91 Å². The standard InChI is InChI=1S/C11H14N4OS/c1-4-8-5-9(17-6(8)2)10(16)13-11-12-7(3)14-15-11/h5H,4H2,1-3H3,(H2,12,13,14,15,16). The minimum atomic E-state index is -0.156. The Hall–Kier alpha value is -1.69. The number of amides is 1. The zero-order valence-corrected chi connectivity index (χ0v) is 10.8. The van der Waals surface area contributed by atoms with E-state index in [0.717, 1.165) is 6.42 Å². The number of nitrogens with zero attached hydrogens (tertiary/aromatic N) is 2. The Labute approximate surface area is 103 Å². The Morgan fingerprint density at radius 1 is 1.53 bits per heavy atom. The summed E-state index contributed by atoms with van der Waals surface area (Å²) >= 11 is 1.50. The molecule has 1 amide bonds. The highest BCUT2D eigenvalue weighted by Crippen LogP contribution is 2.22. The number of hydrogen-bond donors (Lipinski definition) is 2. The molecule has 0 aliphatic rings. The van der Waals surface area contributed by atoms with Crippen LogP contribution in [0.25, 0.3) is 0 Å². The van der Waals surface area contributed by atoms with Crippen molar-refractivity contribution >= 4 is 23.2 Å². The molecule has 0 unspecified atom stereocenters. The van der Waals surface area contributed by atoms with Gasteiger partial charge in [-0.05, 0) is 31.9 Å². The fourth-order valence-corrected chi connectivity index (χ4v) is 2.55. The lowest BCUT2D eigenvalue weighted by Crippen LogP contribution is -2.11. The van der Waals surface area contributed by atoms with E-state index in [1.807, 2.05) is 13.0 Å². The van der Waals surface area contributed by atoms with Gasteiger partial charge in [-0.3, -0.25) is 15.2 Å². The minimum absolute atomic E-state index is 0.156. The van der Waals surface area contributed by atoms with E-state index in [9.17, 15) is 4.79 Å². The molecule has 0 aliphatic carbocycles. The van der Waals surface area contributed by atoms with Gasteiger partial charge in [0.25, 0.3) is 5.91 Å². The summed E-state index contributed by atoms with van der Waals surface area (Å²) in [6.45, 7) is 5.89. The molecule has 2 aromatic rings. The van der Waals surface area contributed by atoms with Crippen LogP contribution in [0.4, 0.5) is 5.95 Å². The van der Waals surface area contributed by atoms with Gasteiger partial charge < -0.3 is 0 Å². The summed E-state index contributed by atoms with van der Waals surface area (Å²) in [5, 5.41) is 9.21. The van der Waals surface area contributed by atoms with Gasteiger partial charge in [0, 0.05) is 4.88 Å². The summed E-state index contributed by atoms with van der Waals surface area (Å²) in [7, 11) is 0. The smallest absolute Gasteiger partial charge is 0.268 e. The van der Waals surface area contributed by atoms with Crippen LogP contribution in [-0.4, -0.2) is 21.1 Å². The molecule has 2 rings (SSSR count). The van der Waals surface area contributed by atoms with Crippen molar-refractivity contribution in [3.63, 3.8) is 0 Å². The van der Waals surface area contributed by atoms with Crippen molar-refractivity contribution in [2.75, 3.05) is 5.32 Å². The van der Waals surface area contributed by atoms with Gasteiger partial charge in [0.2, 0.25) is 5.95 Å². The SMILES string of the molecule is CCc1cc(C(=O)Nc2n[nH]c(C)n2)sc1C. The number of rotatable bonds is 3. The van der Waals surface area contributed by atoms with Gasteiger partial charge in [-0.25, -0.2) is 0 Å². The highest BCUT2D eigenvalue weighted by molar-refractivity contribution is 7.14. The topological polar surface area (TPSA) is 70.7 Å². The number of carbonyl (C=O) groups is 1. The number of thiophene rings is 1. The van der Waals surface area contributed by atoms with Crippen LogP contribution in [0, 0.1) is 13.8 Å². The average Bonchev–Trinajstić information content (AvgIpc) is 2.85. The van der Waals surface area contributed by atoms with Crippen LogP contribution < -0.4 is 5.32 Å². The minimum Gasteiger partial charge on any atom is -0.288 e. The largest absolute Gasteiger partial charge is 0.288 e. The van der Waals surface area contributed by atoms with Crippen LogP contribution in [0.2, 0.25) is 0 Å². The van der Waals surface area contributed by atoms with Gasteiger partial charge in [0.1, 0.15) is 5.82 Å². The van der Waals surface area contributed by atoms with Crippen molar-refractivity contribution in [3.8, 4) is 0 Å². The summed E-state index contributed by atoms with van der Waals surface area (Å²) in [6, 6.07) is 1.93. The van der Waals surface area contributed by atoms with Crippen LogP contribution in [0.1, 0.15) is 32.9 Å². The maximum atomic E-state index is 11.9. The third kappa shape index (κ3) is 2.52. The number of aryl methyl sites for hydroxylation is 3. The van der Waals surface area contributed by atoms with E-state index in [1.54, 1.807) is 6.92 Å². The number of H-pyrrole nitrogens is 1. The zero-order chi connectivity index (χ0) is 12.4. The molecular formula is C11H14N4OS. The number of aromatic nitrogens is 3. The summed E-state index contributed by atoms with van der Waals surface area (Å²) in [6.07, 6.45) is 0.940. The first-order valence-corrected chi connectivity index (χ1v) is 6.21. The van der Waals surface area contributed by atoms with E-state index >= 15 is 0 Å². The second-order valence-electron chi connectivity index (χ2n) is 3.74. The van der Waals surface area contributed by atoms with Crippen molar-refractivity contribution < 1.29 is 4.79 Å². The van der Waals surface area contributed by atoms with Crippen LogP contribution in [0.3, 0.4) is 0 Å². The summed E-state index contributed by atoms with van der Waals surface area (Å²) < 4.78 is 0. The zero-order valence-electron chi connectivity index (χ0n) is 10.00. The molecule has 6 heteroatoms. The maximum absolute atomic E-state index is 11.9. The van der Waals surface area contributed by atoms with E-state index in [4.69, 9.17) is 0 Å². The third-order valence-electron chi connectivity index (χ3n) is 2.45. The lowest BCUT2D eigenvalue weighted by molar-refractivity contribution is 0.102. The quantitative estimate of drug-likeness (QED) is 0.878. The van der Waals surface area contributed by atoms with Crippen LogP contribution in [0.5, 0.6) is 0 Å². The fourth-order valence-electron chi connectivity index (χ4n) is 1.54. The summed E-state index contributed by atoms with van der Waals surface area (Å²) in [5.41, 5.74) is 1.21. The first kappa shape index (κ1) is 11.8. The van der Waals surface area contributed by atoms with E-state index in [1.165, 1.54) is 21.8 Å². The molecule has 2 N–H and O–H groups in total. The van der Waals surface area contributed by atoms with Crippen molar-refractivity contribution in [1.29, 1.82) is 0 Å². The van der Waals surface area contributed by atoms with Gasteiger partial charge in [-0.15, -0.1) is 16.4 Å².